The molecule has 2 aromatic rings. The van der Waals surface area contributed by atoms with Crippen LogP contribution in [0.25, 0.3) is 0 Å². The molecule has 0 aliphatic carbocycles. The minimum Gasteiger partial charge on any atom is -0.384 e. The number of amidine groups is 1. The van der Waals surface area contributed by atoms with Gasteiger partial charge in [0.05, 0.1) is 0 Å². The molecular formula is C11H14N6S. The predicted octanol–water partition coefficient (Wildman–Crippen LogP) is 1.26. The molecule has 0 atom stereocenters. The van der Waals surface area contributed by atoms with Crippen molar-refractivity contribution in [2.24, 2.45) is 12.8 Å². The molecule has 2 heterocycles. The summed E-state index contributed by atoms with van der Waals surface area (Å²) in [5, 5.41) is 17.0. The van der Waals surface area contributed by atoms with Gasteiger partial charge in [-0.15, -0.1) is 10.2 Å². The van der Waals surface area contributed by atoms with Crippen LogP contribution in [0.3, 0.4) is 0 Å². The summed E-state index contributed by atoms with van der Waals surface area (Å²) in [6.07, 6.45) is 0. The molecule has 6 nitrogen and oxygen atoms in total. The molecule has 2 aromatic heterocycles. The van der Waals surface area contributed by atoms with Crippen molar-refractivity contribution in [1.82, 2.24) is 19.7 Å². The number of rotatable bonds is 3. The molecule has 0 amide bonds. The Labute approximate surface area is 109 Å². The van der Waals surface area contributed by atoms with Crippen molar-refractivity contribution in [3.8, 4) is 0 Å². The van der Waals surface area contributed by atoms with Gasteiger partial charge in [-0.2, -0.15) is 0 Å². The van der Waals surface area contributed by atoms with Crippen LogP contribution in [0.1, 0.15) is 17.1 Å². The molecule has 0 aliphatic heterocycles. The van der Waals surface area contributed by atoms with Crippen LogP contribution < -0.4 is 5.73 Å². The van der Waals surface area contributed by atoms with Gasteiger partial charge in [-0.1, -0.05) is 0 Å². The highest BCUT2D eigenvalue weighted by Crippen LogP contribution is 2.25. The van der Waals surface area contributed by atoms with Crippen LogP contribution in [0.15, 0.2) is 22.3 Å². The maximum absolute atomic E-state index is 7.46. The molecule has 0 saturated heterocycles. The van der Waals surface area contributed by atoms with E-state index in [2.05, 4.69) is 15.2 Å². The molecule has 94 valence electrons. The molecule has 0 radical (unpaired) electrons. The van der Waals surface area contributed by atoms with E-state index in [9.17, 15) is 0 Å². The van der Waals surface area contributed by atoms with Gasteiger partial charge in [0.15, 0.2) is 5.16 Å². The highest BCUT2D eigenvalue weighted by molar-refractivity contribution is 7.99. The molecule has 7 heteroatoms. The van der Waals surface area contributed by atoms with Crippen molar-refractivity contribution in [1.29, 1.82) is 5.41 Å². The fourth-order valence-electron chi connectivity index (χ4n) is 1.42. The summed E-state index contributed by atoms with van der Waals surface area (Å²) in [6, 6.07) is 3.57. The number of hydrogen-bond donors (Lipinski definition) is 2. The van der Waals surface area contributed by atoms with Gasteiger partial charge in [0.25, 0.3) is 0 Å². The molecule has 0 spiro atoms. The van der Waals surface area contributed by atoms with Gasteiger partial charge in [-0.05, 0) is 37.7 Å². The minimum absolute atomic E-state index is 0.0384. The maximum Gasteiger partial charge on any atom is 0.197 e. The zero-order chi connectivity index (χ0) is 13.3. The topological polar surface area (TPSA) is 93.5 Å². The number of nitrogens with two attached hydrogens (primary N) is 1. The molecule has 18 heavy (non-hydrogen) atoms. The largest absolute Gasteiger partial charge is 0.384 e. The third kappa shape index (κ3) is 2.51. The van der Waals surface area contributed by atoms with Crippen molar-refractivity contribution in [3.63, 3.8) is 0 Å². The van der Waals surface area contributed by atoms with Crippen molar-refractivity contribution in [3.05, 3.63) is 29.2 Å². The van der Waals surface area contributed by atoms with Gasteiger partial charge in [0.1, 0.15) is 16.7 Å². The Hall–Kier alpha value is -1.89. The number of hydrogen-bond acceptors (Lipinski definition) is 5. The van der Waals surface area contributed by atoms with Crippen LogP contribution in [0.4, 0.5) is 0 Å². The summed E-state index contributed by atoms with van der Waals surface area (Å²) in [5.74, 6) is 0.883. The minimum atomic E-state index is 0.0384. The van der Waals surface area contributed by atoms with Crippen LogP contribution in [-0.4, -0.2) is 25.6 Å². The molecule has 0 unspecified atom stereocenters. The molecule has 0 aliphatic rings. The fraction of sp³-hybridized carbons (Fsp3) is 0.273. The molecular weight excluding hydrogens is 248 g/mol. The first-order chi connectivity index (χ1) is 8.47. The number of pyridine rings is 1. The van der Waals surface area contributed by atoms with Crippen molar-refractivity contribution < 1.29 is 0 Å². The SMILES string of the molecule is Cc1cc(C(=N)N)cc(Sc2nnc(C)n2C)n1. The number of nitrogens with one attached hydrogen (secondary N) is 1. The lowest BCUT2D eigenvalue weighted by atomic mass is 10.2. The number of nitrogens with zero attached hydrogens (tertiary/aromatic N) is 4. The average Bonchev–Trinajstić information content (AvgIpc) is 2.60. The molecule has 2 rings (SSSR count). The molecule has 0 saturated carbocycles. The van der Waals surface area contributed by atoms with Gasteiger partial charge in [-0.25, -0.2) is 4.98 Å². The van der Waals surface area contributed by atoms with E-state index in [0.717, 1.165) is 21.7 Å². The Morgan fingerprint density at radius 2 is 2.06 bits per heavy atom. The van der Waals surface area contributed by atoms with Crippen LogP contribution in [0.2, 0.25) is 0 Å². The highest BCUT2D eigenvalue weighted by Gasteiger charge is 2.10. The Morgan fingerprint density at radius 1 is 1.33 bits per heavy atom. The van der Waals surface area contributed by atoms with E-state index in [1.807, 2.05) is 25.5 Å². The fourth-order valence-corrected chi connectivity index (χ4v) is 2.33. The van der Waals surface area contributed by atoms with Crippen molar-refractivity contribution in [2.45, 2.75) is 24.0 Å². The summed E-state index contributed by atoms with van der Waals surface area (Å²) in [6.45, 7) is 3.76. The lowest BCUT2D eigenvalue weighted by Gasteiger charge is -2.05. The van der Waals surface area contributed by atoms with Gasteiger partial charge < -0.3 is 10.3 Å². The van der Waals surface area contributed by atoms with E-state index in [1.165, 1.54) is 11.8 Å². The summed E-state index contributed by atoms with van der Waals surface area (Å²) < 4.78 is 1.89. The second kappa shape index (κ2) is 4.77. The Morgan fingerprint density at radius 3 is 2.61 bits per heavy atom. The highest BCUT2D eigenvalue weighted by atomic mass is 32.2. The van der Waals surface area contributed by atoms with Gasteiger partial charge in [0.2, 0.25) is 0 Å². The first-order valence-electron chi connectivity index (χ1n) is 5.34. The van der Waals surface area contributed by atoms with Crippen molar-refractivity contribution >= 4 is 17.6 Å². The van der Waals surface area contributed by atoms with Crippen LogP contribution in [0.5, 0.6) is 0 Å². The lowest BCUT2D eigenvalue weighted by molar-refractivity contribution is 0.764. The van der Waals surface area contributed by atoms with E-state index < -0.39 is 0 Å². The van der Waals surface area contributed by atoms with E-state index in [4.69, 9.17) is 11.1 Å². The molecule has 3 N–H and O–H groups in total. The second-order valence-corrected chi connectivity index (χ2v) is 4.93. The van der Waals surface area contributed by atoms with Crippen molar-refractivity contribution in [2.75, 3.05) is 0 Å². The first-order valence-corrected chi connectivity index (χ1v) is 6.16. The lowest BCUT2D eigenvalue weighted by Crippen LogP contribution is -2.11. The van der Waals surface area contributed by atoms with Gasteiger partial charge >= 0.3 is 0 Å². The molecule has 0 fully saturated rings. The quantitative estimate of drug-likeness (QED) is 0.641. The normalized spacial score (nSPS) is 10.6. The van der Waals surface area contributed by atoms with E-state index in [-0.39, 0.29) is 5.84 Å². The molecule has 0 aromatic carbocycles. The van der Waals surface area contributed by atoms with Crippen LogP contribution in [-0.2, 0) is 7.05 Å². The summed E-state index contributed by atoms with van der Waals surface area (Å²) in [4.78, 5) is 4.39. The van der Waals surface area contributed by atoms with Gasteiger partial charge in [-0.3, -0.25) is 5.41 Å². The zero-order valence-electron chi connectivity index (χ0n) is 10.4. The number of aromatic nitrogens is 4. The van der Waals surface area contributed by atoms with Crippen LogP contribution in [0, 0.1) is 19.3 Å². The Balaban J connectivity index is 2.34. The van der Waals surface area contributed by atoms with Crippen LogP contribution >= 0.6 is 11.8 Å². The zero-order valence-corrected chi connectivity index (χ0v) is 11.2. The summed E-state index contributed by atoms with van der Waals surface area (Å²) >= 11 is 1.41. The summed E-state index contributed by atoms with van der Waals surface area (Å²) in [7, 11) is 1.90. The number of nitrogen functional groups attached to an aromatic ring is 1. The van der Waals surface area contributed by atoms with Gasteiger partial charge in [0, 0.05) is 18.3 Å². The third-order valence-corrected chi connectivity index (χ3v) is 3.45. The third-order valence-electron chi connectivity index (χ3n) is 2.49. The smallest absolute Gasteiger partial charge is 0.197 e. The molecule has 0 bridgehead atoms. The van der Waals surface area contributed by atoms with E-state index in [1.54, 1.807) is 12.1 Å². The maximum atomic E-state index is 7.46. The average molecular weight is 262 g/mol. The predicted molar refractivity (Wildman–Crippen MR) is 69.9 cm³/mol. The monoisotopic (exact) mass is 262 g/mol. The van der Waals surface area contributed by atoms with E-state index in [0.29, 0.717) is 5.56 Å². The standard InChI is InChI=1S/C11H14N6S/c1-6-4-8(10(12)13)5-9(14-6)18-11-16-15-7(2)17(11)3/h4-5H,1-3H3,(H3,12,13). The first kappa shape index (κ1) is 12.6. The van der Waals surface area contributed by atoms with E-state index >= 15 is 0 Å². The second-order valence-electron chi connectivity index (χ2n) is 3.94. The number of aryl methyl sites for hydroxylation is 2. The summed E-state index contributed by atoms with van der Waals surface area (Å²) in [5.41, 5.74) is 6.99. The Bertz CT molecular complexity index is 604. The Kier molecular flexibility index (Phi) is 3.33.